The van der Waals surface area contributed by atoms with Crippen LogP contribution >= 0.6 is 0 Å². The third-order valence-corrected chi connectivity index (χ3v) is 3.00. The van der Waals surface area contributed by atoms with Gasteiger partial charge in [0, 0.05) is 19.6 Å². The zero-order chi connectivity index (χ0) is 14.4. The van der Waals surface area contributed by atoms with Gasteiger partial charge in [0.15, 0.2) is 0 Å². The van der Waals surface area contributed by atoms with Crippen molar-refractivity contribution in [1.29, 1.82) is 0 Å². The number of nitrogens with two attached hydrogens (primary N) is 2. The summed E-state index contributed by atoms with van der Waals surface area (Å²) >= 11 is 0. The molecule has 0 atom stereocenters. The fraction of sp³-hybridized carbons (Fsp3) is 0.500. The molecule has 0 aliphatic heterocycles. The molecule has 0 spiro atoms. The summed E-state index contributed by atoms with van der Waals surface area (Å²) in [5, 5.41) is 0. The van der Waals surface area contributed by atoms with Crippen molar-refractivity contribution in [3.63, 3.8) is 0 Å². The smallest absolute Gasteiger partial charge is 0.250 e. The van der Waals surface area contributed by atoms with Crippen LogP contribution in [0.3, 0.4) is 0 Å². The molecule has 1 aromatic carbocycles. The number of primary amides is 1. The lowest BCUT2D eigenvalue weighted by molar-refractivity contribution is 0.100. The average molecular weight is 264 g/mol. The number of nitrogens with zero attached hydrogens (tertiary/aromatic N) is 2. The lowest BCUT2D eigenvalue weighted by atomic mass is 10.1. The molecule has 1 rings (SSSR count). The van der Waals surface area contributed by atoms with Crippen LogP contribution in [-0.4, -0.2) is 44.5 Å². The lowest BCUT2D eigenvalue weighted by Gasteiger charge is -2.27. The van der Waals surface area contributed by atoms with E-state index in [0.29, 0.717) is 11.3 Å². The van der Waals surface area contributed by atoms with Crippen LogP contribution in [0.2, 0.25) is 0 Å². The molecule has 4 N–H and O–H groups in total. The van der Waals surface area contributed by atoms with Crippen molar-refractivity contribution in [1.82, 2.24) is 4.90 Å². The predicted octanol–water partition coefficient (Wildman–Crippen LogP) is 1.15. The van der Waals surface area contributed by atoms with Crippen molar-refractivity contribution in [3.05, 3.63) is 23.8 Å². The molecule has 106 valence electrons. The fourth-order valence-corrected chi connectivity index (χ4v) is 1.99. The van der Waals surface area contributed by atoms with E-state index in [1.54, 1.807) is 6.07 Å². The fourth-order valence-electron chi connectivity index (χ4n) is 1.99. The Morgan fingerprint density at radius 2 is 1.89 bits per heavy atom. The number of amides is 1. The largest absolute Gasteiger partial charge is 0.396 e. The van der Waals surface area contributed by atoms with E-state index in [-0.39, 0.29) is 0 Å². The van der Waals surface area contributed by atoms with Crippen LogP contribution in [0.15, 0.2) is 18.2 Å². The highest BCUT2D eigenvalue weighted by molar-refractivity contribution is 6.00. The summed E-state index contributed by atoms with van der Waals surface area (Å²) in [6, 6.07) is 5.43. The van der Waals surface area contributed by atoms with Crippen LogP contribution in [-0.2, 0) is 0 Å². The van der Waals surface area contributed by atoms with E-state index in [9.17, 15) is 4.79 Å². The Labute approximate surface area is 115 Å². The zero-order valence-corrected chi connectivity index (χ0v) is 12.0. The maximum absolute atomic E-state index is 11.3. The van der Waals surface area contributed by atoms with Gasteiger partial charge in [-0.15, -0.1) is 0 Å². The average Bonchev–Trinajstić information content (AvgIpc) is 2.34. The van der Waals surface area contributed by atoms with Crippen molar-refractivity contribution in [2.24, 2.45) is 5.73 Å². The highest BCUT2D eigenvalue weighted by Gasteiger charge is 2.14. The summed E-state index contributed by atoms with van der Waals surface area (Å²) in [6.45, 7) is 4.82. The third kappa shape index (κ3) is 4.13. The van der Waals surface area contributed by atoms with Crippen molar-refractivity contribution < 1.29 is 4.79 Å². The number of para-hydroxylation sites is 1. The van der Waals surface area contributed by atoms with Crippen LogP contribution in [0.1, 0.15) is 23.7 Å². The van der Waals surface area contributed by atoms with Gasteiger partial charge in [-0.2, -0.15) is 0 Å². The first-order chi connectivity index (χ1) is 8.97. The summed E-state index contributed by atoms with van der Waals surface area (Å²) in [4.78, 5) is 15.7. The number of anilines is 2. The second kappa shape index (κ2) is 6.99. The molecule has 0 heterocycles. The molecule has 1 aromatic rings. The van der Waals surface area contributed by atoms with Gasteiger partial charge in [-0.05, 0) is 32.6 Å². The molecule has 0 unspecified atom stereocenters. The molecule has 0 aliphatic carbocycles. The first-order valence-corrected chi connectivity index (χ1v) is 6.55. The standard InChI is InChI=1S/C14H24N4O/c1-4-8-18(10-9-17(2)3)12-7-5-6-11(13(12)15)14(16)19/h5-7H,4,8-10,15H2,1-3H3,(H2,16,19). The van der Waals surface area contributed by atoms with Gasteiger partial charge in [0.05, 0.1) is 16.9 Å². The van der Waals surface area contributed by atoms with Crippen LogP contribution < -0.4 is 16.4 Å². The molecule has 0 fully saturated rings. The minimum atomic E-state index is -0.483. The monoisotopic (exact) mass is 264 g/mol. The molecule has 5 nitrogen and oxygen atoms in total. The van der Waals surface area contributed by atoms with Crippen molar-refractivity contribution in [2.75, 3.05) is 44.4 Å². The van der Waals surface area contributed by atoms with E-state index < -0.39 is 5.91 Å². The zero-order valence-electron chi connectivity index (χ0n) is 12.0. The van der Waals surface area contributed by atoms with E-state index in [1.807, 2.05) is 26.2 Å². The molecule has 0 saturated carbocycles. The minimum absolute atomic E-state index is 0.392. The summed E-state index contributed by atoms with van der Waals surface area (Å²) in [5.74, 6) is -0.483. The maximum atomic E-state index is 11.3. The Balaban J connectivity index is 3.01. The van der Waals surface area contributed by atoms with Crippen molar-refractivity contribution in [2.45, 2.75) is 13.3 Å². The van der Waals surface area contributed by atoms with Gasteiger partial charge in [0.25, 0.3) is 5.91 Å². The Morgan fingerprint density at radius 1 is 1.21 bits per heavy atom. The van der Waals surface area contributed by atoms with E-state index in [2.05, 4.69) is 16.7 Å². The quantitative estimate of drug-likeness (QED) is 0.724. The normalized spacial score (nSPS) is 10.7. The number of carbonyl (C=O) groups is 1. The van der Waals surface area contributed by atoms with Crippen LogP contribution in [0.25, 0.3) is 0 Å². The number of rotatable bonds is 7. The third-order valence-electron chi connectivity index (χ3n) is 3.00. The second-order valence-corrected chi connectivity index (χ2v) is 4.89. The van der Waals surface area contributed by atoms with Gasteiger partial charge in [-0.1, -0.05) is 13.0 Å². The maximum Gasteiger partial charge on any atom is 0.250 e. The highest BCUT2D eigenvalue weighted by atomic mass is 16.1. The lowest BCUT2D eigenvalue weighted by Crippen LogP contribution is -2.33. The van der Waals surface area contributed by atoms with E-state index >= 15 is 0 Å². The van der Waals surface area contributed by atoms with Crippen LogP contribution in [0.5, 0.6) is 0 Å². The molecular formula is C14H24N4O. The Hall–Kier alpha value is -1.75. The summed E-state index contributed by atoms with van der Waals surface area (Å²) in [7, 11) is 4.07. The SMILES string of the molecule is CCCN(CCN(C)C)c1cccc(C(N)=O)c1N. The van der Waals surface area contributed by atoms with E-state index in [1.165, 1.54) is 0 Å². The molecule has 1 amide bonds. The Bertz CT molecular complexity index is 431. The van der Waals surface area contributed by atoms with Gasteiger partial charge in [0.1, 0.15) is 0 Å². The first-order valence-electron chi connectivity index (χ1n) is 6.55. The summed E-state index contributed by atoms with van der Waals surface area (Å²) in [6.07, 6.45) is 1.02. The molecule has 5 heteroatoms. The van der Waals surface area contributed by atoms with Gasteiger partial charge in [0.2, 0.25) is 0 Å². The summed E-state index contributed by atoms with van der Waals surface area (Å²) in [5.41, 5.74) is 13.2. The molecule has 19 heavy (non-hydrogen) atoms. The van der Waals surface area contributed by atoms with Crippen LogP contribution in [0.4, 0.5) is 11.4 Å². The van der Waals surface area contributed by atoms with E-state index in [4.69, 9.17) is 11.5 Å². The summed E-state index contributed by atoms with van der Waals surface area (Å²) < 4.78 is 0. The Kier molecular flexibility index (Phi) is 5.63. The highest BCUT2D eigenvalue weighted by Crippen LogP contribution is 2.26. The molecular weight excluding hydrogens is 240 g/mol. The van der Waals surface area contributed by atoms with Gasteiger partial charge in [-0.3, -0.25) is 4.79 Å². The topological polar surface area (TPSA) is 75.6 Å². The number of carbonyl (C=O) groups excluding carboxylic acids is 1. The molecule has 0 bridgehead atoms. The number of hydrogen-bond donors (Lipinski definition) is 2. The molecule has 0 aliphatic rings. The number of hydrogen-bond acceptors (Lipinski definition) is 4. The minimum Gasteiger partial charge on any atom is -0.396 e. The number of likely N-dealkylation sites (N-methyl/N-ethyl adjacent to an activating group) is 1. The first kappa shape index (κ1) is 15.3. The van der Waals surface area contributed by atoms with Gasteiger partial charge >= 0.3 is 0 Å². The number of benzene rings is 1. The second-order valence-electron chi connectivity index (χ2n) is 4.89. The predicted molar refractivity (Wildman–Crippen MR) is 80.4 cm³/mol. The van der Waals surface area contributed by atoms with Crippen LogP contribution in [0, 0.1) is 0 Å². The van der Waals surface area contributed by atoms with E-state index in [0.717, 1.165) is 31.7 Å². The van der Waals surface area contributed by atoms with Gasteiger partial charge in [-0.25, -0.2) is 0 Å². The van der Waals surface area contributed by atoms with Crippen molar-refractivity contribution in [3.8, 4) is 0 Å². The van der Waals surface area contributed by atoms with Gasteiger partial charge < -0.3 is 21.3 Å². The molecule has 0 aromatic heterocycles. The molecule has 0 radical (unpaired) electrons. The Morgan fingerprint density at radius 3 is 2.42 bits per heavy atom. The number of nitrogen functional groups attached to an aromatic ring is 1. The van der Waals surface area contributed by atoms with Crippen molar-refractivity contribution >= 4 is 17.3 Å². The molecule has 0 saturated heterocycles.